The van der Waals surface area contributed by atoms with Crippen LogP contribution < -0.4 is 20.4 Å². The quantitative estimate of drug-likeness (QED) is 0.434. The molecule has 0 bridgehead atoms. The topological polar surface area (TPSA) is 65.5 Å². The smallest absolute Gasteiger partial charge is 0.232 e. The molecule has 1 aromatic heterocycles. The van der Waals surface area contributed by atoms with Crippen molar-refractivity contribution in [3.8, 4) is 0 Å². The van der Waals surface area contributed by atoms with Crippen LogP contribution in [0.3, 0.4) is 0 Å². The molecule has 0 saturated carbocycles. The van der Waals surface area contributed by atoms with Gasteiger partial charge in [-0.25, -0.2) is 0 Å². The molecule has 0 spiro atoms. The highest BCUT2D eigenvalue weighted by Crippen LogP contribution is 2.35. The van der Waals surface area contributed by atoms with Gasteiger partial charge in [0.05, 0.1) is 0 Å². The summed E-state index contributed by atoms with van der Waals surface area (Å²) in [5.41, 5.74) is 1.21. The van der Waals surface area contributed by atoms with Crippen LogP contribution in [0.15, 0.2) is 30.3 Å². The fourth-order valence-electron chi connectivity index (χ4n) is 6.03. The number of halogens is 1. The molecule has 3 saturated heterocycles. The monoisotopic (exact) mass is 556 g/mol. The number of piperidine rings is 1. The lowest BCUT2D eigenvalue weighted by atomic mass is 9.74. The van der Waals surface area contributed by atoms with Crippen LogP contribution in [-0.2, 0) is 10.2 Å². The number of aromatic nitrogens is 2. The van der Waals surface area contributed by atoms with Gasteiger partial charge in [-0.3, -0.25) is 0 Å². The number of ether oxygens (including phenoxy) is 1. The van der Waals surface area contributed by atoms with E-state index in [1.165, 1.54) is 44.1 Å². The summed E-state index contributed by atoms with van der Waals surface area (Å²) in [5, 5.41) is 8.13. The van der Waals surface area contributed by atoms with Gasteiger partial charge in [-0.05, 0) is 74.4 Å². The normalized spacial score (nSPS) is 22.0. The molecule has 206 valence electrons. The van der Waals surface area contributed by atoms with Crippen LogP contribution in [0.4, 0.5) is 17.6 Å². The van der Waals surface area contributed by atoms with E-state index in [0.717, 1.165) is 68.9 Å². The molecule has 3 aliphatic heterocycles. The Labute approximate surface area is 237 Å². The summed E-state index contributed by atoms with van der Waals surface area (Å²) < 4.78 is 5.70. The van der Waals surface area contributed by atoms with E-state index in [2.05, 4.69) is 45.6 Å². The molecule has 5 rings (SSSR count). The molecule has 3 aliphatic rings. The summed E-state index contributed by atoms with van der Waals surface area (Å²) in [7, 11) is 0. The van der Waals surface area contributed by atoms with Crippen LogP contribution in [0.25, 0.3) is 0 Å². The second-order valence-corrected chi connectivity index (χ2v) is 12.1. The maximum Gasteiger partial charge on any atom is 0.232 e. The molecule has 0 amide bonds. The highest BCUT2D eigenvalue weighted by Gasteiger charge is 2.34. The molecule has 9 heteroatoms. The number of anilines is 3. The molecule has 4 heterocycles. The highest BCUT2D eigenvalue weighted by atomic mass is 35.5. The first-order valence-electron chi connectivity index (χ1n) is 14.3. The Kier molecular flexibility index (Phi) is 9.23. The Morgan fingerprint density at radius 3 is 2.34 bits per heavy atom. The van der Waals surface area contributed by atoms with E-state index < -0.39 is 0 Å². The Morgan fingerprint density at radius 1 is 1.00 bits per heavy atom. The Bertz CT molecular complexity index is 1050. The lowest BCUT2D eigenvalue weighted by Crippen LogP contribution is -2.45. The first kappa shape index (κ1) is 27.4. The molecule has 38 heavy (non-hydrogen) atoms. The molecule has 2 N–H and O–H groups in total. The first-order valence-corrected chi connectivity index (χ1v) is 15.1. The number of nitrogens with zero attached hydrogens (tertiary/aromatic N) is 4. The lowest BCUT2D eigenvalue weighted by Gasteiger charge is -2.38. The van der Waals surface area contributed by atoms with Crippen molar-refractivity contribution in [1.82, 2.24) is 15.3 Å². The predicted octanol–water partition coefficient (Wildman–Crippen LogP) is 5.78. The largest absolute Gasteiger partial charge is 0.381 e. The van der Waals surface area contributed by atoms with E-state index in [1.54, 1.807) is 0 Å². The number of hydrogen-bond acceptors (Lipinski definition) is 6. The maximum atomic E-state index is 6.18. The second kappa shape index (κ2) is 12.8. The van der Waals surface area contributed by atoms with Gasteiger partial charge in [0.2, 0.25) is 5.95 Å². The van der Waals surface area contributed by atoms with E-state index in [0.29, 0.717) is 23.5 Å². The maximum absolute atomic E-state index is 6.18. The summed E-state index contributed by atoms with van der Waals surface area (Å²) in [6.07, 6.45) is 9.34. The average Bonchev–Trinajstić information content (AvgIpc) is 3.23. The van der Waals surface area contributed by atoms with Crippen molar-refractivity contribution in [3.05, 3.63) is 40.9 Å². The molecule has 3 fully saturated rings. The molecule has 7 nitrogen and oxygen atoms in total. The number of thiocarbonyl (C=S) groups is 1. The summed E-state index contributed by atoms with van der Waals surface area (Å²) >= 11 is 12.0. The van der Waals surface area contributed by atoms with Gasteiger partial charge in [-0.1, -0.05) is 43.5 Å². The third-order valence-corrected chi connectivity index (χ3v) is 8.83. The molecule has 0 aliphatic carbocycles. The first-order chi connectivity index (χ1) is 18.5. The standard InChI is InChI=1S/C29H41ClN6OS/c1-22-7-6-16-36(20-22)26-19-25(35-14-4-2-3-5-15-35)32-27(33-26)34-28(38)31-21-29(12-17-37-18-13-29)23-8-10-24(30)11-9-23/h8-11,19,22H,2-7,12-18,20-21H2,1H3,(H2,31,32,33,34,38). The van der Waals surface area contributed by atoms with Gasteiger partial charge >= 0.3 is 0 Å². The molecule has 0 radical (unpaired) electrons. The average molecular weight is 557 g/mol. The minimum atomic E-state index is -0.0571. The minimum Gasteiger partial charge on any atom is -0.381 e. The van der Waals surface area contributed by atoms with Crippen molar-refractivity contribution in [1.29, 1.82) is 0 Å². The summed E-state index contributed by atoms with van der Waals surface area (Å²) in [6, 6.07) is 10.4. The summed E-state index contributed by atoms with van der Waals surface area (Å²) in [6.45, 7) is 8.67. The number of hydrogen-bond donors (Lipinski definition) is 2. The molecule has 1 unspecified atom stereocenters. The van der Waals surface area contributed by atoms with Gasteiger partial charge in [0.25, 0.3) is 0 Å². The third-order valence-electron chi connectivity index (χ3n) is 8.33. The van der Waals surface area contributed by atoms with Crippen LogP contribution in [0, 0.1) is 5.92 Å². The predicted molar refractivity (Wildman–Crippen MR) is 161 cm³/mol. The van der Waals surface area contributed by atoms with Crippen molar-refractivity contribution in [2.24, 2.45) is 5.92 Å². The number of rotatable bonds is 6. The molecule has 1 aromatic carbocycles. The zero-order valence-corrected chi connectivity index (χ0v) is 24.1. The highest BCUT2D eigenvalue weighted by molar-refractivity contribution is 7.80. The van der Waals surface area contributed by atoms with Gasteiger partial charge in [-0.15, -0.1) is 0 Å². The van der Waals surface area contributed by atoms with Crippen LogP contribution in [0.2, 0.25) is 5.02 Å². The van der Waals surface area contributed by atoms with Gasteiger partial charge in [0.15, 0.2) is 5.11 Å². The van der Waals surface area contributed by atoms with Gasteiger partial charge in [-0.2, -0.15) is 9.97 Å². The van der Waals surface area contributed by atoms with Crippen molar-refractivity contribution < 1.29 is 4.74 Å². The molecule has 1 atom stereocenters. The van der Waals surface area contributed by atoms with Gasteiger partial charge in [0.1, 0.15) is 11.6 Å². The summed E-state index contributed by atoms with van der Waals surface area (Å²) in [4.78, 5) is 14.7. The van der Waals surface area contributed by atoms with Crippen molar-refractivity contribution in [3.63, 3.8) is 0 Å². The van der Waals surface area contributed by atoms with Gasteiger partial charge < -0.3 is 25.2 Å². The number of nitrogens with one attached hydrogen (secondary N) is 2. The molecular formula is C29H41ClN6OS. The van der Waals surface area contributed by atoms with E-state index in [-0.39, 0.29) is 5.41 Å². The van der Waals surface area contributed by atoms with E-state index in [1.807, 2.05) is 12.1 Å². The minimum absolute atomic E-state index is 0.0571. The number of benzene rings is 1. The zero-order chi connectivity index (χ0) is 26.4. The Hall–Kier alpha value is -2.16. The Morgan fingerprint density at radius 2 is 1.66 bits per heavy atom. The van der Waals surface area contributed by atoms with E-state index in [4.69, 9.17) is 38.5 Å². The van der Waals surface area contributed by atoms with Crippen LogP contribution in [0.1, 0.15) is 63.9 Å². The van der Waals surface area contributed by atoms with Crippen LogP contribution in [-0.4, -0.2) is 61.0 Å². The van der Waals surface area contributed by atoms with E-state index in [9.17, 15) is 0 Å². The fourth-order valence-corrected chi connectivity index (χ4v) is 6.32. The van der Waals surface area contributed by atoms with Crippen LogP contribution >= 0.6 is 23.8 Å². The SMILES string of the molecule is CC1CCCN(c2cc(N3CCCCCC3)nc(NC(=S)NCC3(c4ccc(Cl)cc4)CCOCC3)n2)C1. The Balaban J connectivity index is 1.33. The van der Waals surface area contributed by atoms with Crippen molar-refractivity contribution in [2.45, 2.75) is 63.7 Å². The lowest BCUT2D eigenvalue weighted by molar-refractivity contribution is 0.0515. The van der Waals surface area contributed by atoms with Crippen molar-refractivity contribution in [2.75, 3.05) is 61.1 Å². The van der Waals surface area contributed by atoms with Gasteiger partial charge in [0, 0.05) is 62.4 Å². The summed E-state index contributed by atoms with van der Waals surface area (Å²) in [5.74, 6) is 3.24. The van der Waals surface area contributed by atoms with Crippen molar-refractivity contribution >= 4 is 46.5 Å². The molecule has 2 aromatic rings. The second-order valence-electron chi connectivity index (χ2n) is 11.2. The fraction of sp³-hybridized carbons (Fsp3) is 0.621. The zero-order valence-electron chi connectivity index (χ0n) is 22.6. The molecular weight excluding hydrogens is 516 g/mol. The van der Waals surface area contributed by atoms with E-state index >= 15 is 0 Å². The van der Waals surface area contributed by atoms with Crippen LogP contribution in [0.5, 0.6) is 0 Å². The third kappa shape index (κ3) is 6.88.